The summed E-state index contributed by atoms with van der Waals surface area (Å²) in [5.74, 6) is 0.743. The van der Waals surface area contributed by atoms with Crippen LogP contribution in [-0.4, -0.2) is 26.3 Å². The molecule has 2 heteroatoms. The molecule has 2 aromatic carbocycles. The third-order valence-electron chi connectivity index (χ3n) is 4.61. The second-order valence-corrected chi connectivity index (χ2v) is 5.57. The highest BCUT2D eigenvalue weighted by Gasteiger charge is 2.49. The molecule has 0 spiro atoms. The molecular weight excluding hydrogens is 222 g/mol. The zero-order valence-corrected chi connectivity index (χ0v) is 10.4. The molecular formula is C16H17NO. The lowest BCUT2D eigenvalue weighted by atomic mass is 9.66. The van der Waals surface area contributed by atoms with E-state index in [9.17, 15) is 0 Å². The molecule has 0 aromatic heterocycles. The molecule has 2 saturated heterocycles. The summed E-state index contributed by atoms with van der Waals surface area (Å²) in [6, 6.07) is 15.5. The van der Waals surface area contributed by atoms with E-state index in [0.717, 1.165) is 32.2 Å². The van der Waals surface area contributed by atoms with Crippen LogP contribution in [-0.2, 0) is 10.2 Å². The lowest BCUT2D eigenvalue weighted by molar-refractivity contribution is -0.101. The SMILES string of the molecule is c1ccc2cc(C3(C4CNC4)COC3)ccc2c1. The Morgan fingerprint density at radius 3 is 2.39 bits per heavy atom. The molecule has 1 N–H and O–H groups in total. The van der Waals surface area contributed by atoms with Crippen molar-refractivity contribution in [3.8, 4) is 0 Å². The molecule has 2 aliphatic rings. The van der Waals surface area contributed by atoms with Crippen LogP contribution in [0.5, 0.6) is 0 Å². The van der Waals surface area contributed by atoms with Crippen LogP contribution in [0.25, 0.3) is 10.8 Å². The summed E-state index contributed by atoms with van der Waals surface area (Å²) in [5.41, 5.74) is 1.73. The van der Waals surface area contributed by atoms with E-state index in [0.29, 0.717) is 0 Å². The van der Waals surface area contributed by atoms with Gasteiger partial charge in [0.05, 0.1) is 13.2 Å². The molecule has 4 rings (SSSR count). The summed E-state index contributed by atoms with van der Waals surface area (Å²) in [6.45, 7) is 4.04. The van der Waals surface area contributed by atoms with Gasteiger partial charge in [-0.15, -0.1) is 0 Å². The zero-order valence-electron chi connectivity index (χ0n) is 10.4. The zero-order chi connectivity index (χ0) is 12.0. The van der Waals surface area contributed by atoms with Crippen molar-refractivity contribution in [1.82, 2.24) is 5.32 Å². The van der Waals surface area contributed by atoms with Crippen LogP contribution in [0.15, 0.2) is 42.5 Å². The predicted octanol–water partition coefficient (Wildman–Crippen LogP) is 2.33. The van der Waals surface area contributed by atoms with Gasteiger partial charge in [-0.2, -0.15) is 0 Å². The molecule has 0 bridgehead atoms. The van der Waals surface area contributed by atoms with Crippen molar-refractivity contribution in [2.45, 2.75) is 5.41 Å². The predicted molar refractivity (Wildman–Crippen MR) is 72.8 cm³/mol. The highest BCUT2D eigenvalue weighted by atomic mass is 16.5. The molecule has 0 atom stereocenters. The Kier molecular flexibility index (Phi) is 2.23. The number of fused-ring (bicyclic) bond motifs is 1. The van der Waals surface area contributed by atoms with Gasteiger partial charge >= 0.3 is 0 Å². The van der Waals surface area contributed by atoms with Crippen molar-refractivity contribution >= 4 is 10.8 Å². The molecule has 0 radical (unpaired) electrons. The van der Waals surface area contributed by atoms with Gasteiger partial charge in [0.15, 0.2) is 0 Å². The van der Waals surface area contributed by atoms with Gasteiger partial charge in [0.2, 0.25) is 0 Å². The smallest absolute Gasteiger partial charge is 0.0589 e. The number of ether oxygens (including phenoxy) is 1. The molecule has 18 heavy (non-hydrogen) atoms. The summed E-state index contributed by atoms with van der Waals surface area (Å²) in [4.78, 5) is 0. The maximum atomic E-state index is 5.53. The Labute approximate surface area is 107 Å². The second kappa shape index (κ2) is 3.81. The molecule has 2 heterocycles. The minimum absolute atomic E-state index is 0.273. The van der Waals surface area contributed by atoms with Crippen molar-refractivity contribution < 1.29 is 4.74 Å². The van der Waals surface area contributed by atoms with Crippen molar-refractivity contribution in [3.05, 3.63) is 48.0 Å². The summed E-state index contributed by atoms with van der Waals surface area (Å²) < 4.78 is 5.53. The lowest BCUT2D eigenvalue weighted by Crippen LogP contribution is -2.62. The monoisotopic (exact) mass is 239 g/mol. The van der Waals surface area contributed by atoms with Crippen LogP contribution < -0.4 is 5.32 Å². The van der Waals surface area contributed by atoms with Crippen LogP contribution in [0.3, 0.4) is 0 Å². The van der Waals surface area contributed by atoms with E-state index in [1.54, 1.807) is 0 Å². The third-order valence-corrected chi connectivity index (χ3v) is 4.61. The Morgan fingerprint density at radius 2 is 1.78 bits per heavy atom. The first-order chi connectivity index (χ1) is 8.88. The minimum atomic E-state index is 0.273. The van der Waals surface area contributed by atoms with Gasteiger partial charge in [-0.1, -0.05) is 42.5 Å². The number of rotatable bonds is 2. The standard InChI is InChI=1S/C16H17NO/c1-2-4-13-7-14(6-5-12(13)3-1)16(10-18-11-16)15-8-17-9-15/h1-7,15,17H,8-11H2. The van der Waals surface area contributed by atoms with Gasteiger partial charge < -0.3 is 10.1 Å². The number of nitrogens with one attached hydrogen (secondary N) is 1. The van der Waals surface area contributed by atoms with Gasteiger partial charge in [-0.05, 0) is 22.3 Å². The van der Waals surface area contributed by atoms with Crippen molar-refractivity contribution in [2.75, 3.05) is 26.3 Å². The Hall–Kier alpha value is -1.38. The summed E-state index contributed by atoms with van der Waals surface area (Å²) >= 11 is 0. The van der Waals surface area contributed by atoms with E-state index in [1.807, 2.05) is 0 Å². The Balaban J connectivity index is 1.80. The molecule has 2 aliphatic heterocycles. The molecule has 2 aromatic rings. The van der Waals surface area contributed by atoms with Gasteiger partial charge in [-0.25, -0.2) is 0 Å². The largest absolute Gasteiger partial charge is 0.379 e. The molecule has 2 nitrogen and oxygen atoms in total. The number of benzene rings is 2. The van der Waals surface area contributed by atoms with E-state index in [-0.39, 0.29) is 5.41 Å². The number of hydrogen-bond acceptors (Lipinski definition) is 2. The molecule has 92 valence electrons. The number of hydrogen-bond donors (Lipinski definition) is 1. The fourth-order valence-electron chi connectivity index (χ4n) is 3.14. The van der Waals surface area contributed by atoms with Gasteiger partial charge in [0, 0.05) is 18.5 Å². The Morgan fingerprint density at radius 1 is 1.00 bits per heavy atom. The first kappa shape index (κ1) is 10.5. The lowest BCUT2D eigenvalue weighted by Gasteiger charge is -2.51. The van der Waals surface area contributed by atoms with Crippen molar-refractivity contribution in [3.63, 3.8) is 0 Å². The summed E-state index contributed by atoms with van der Waals surface area (Å²) in [5, 5.41) is 6.05. The van der Waals surface area contributed by atoms with E-state index in [1.165, 1.54) is 16.3 Å². The first-order valence-corrected chi connectivity index (χ1v) is 6.66. The van der Waals surface area contributed by atoms with E-state index in [2.05, 4.69) is 47.8 Å². The van der Waals surface area contributed by atoms with Crippen LogP contribution in [0.1, 0.15) is 5.56 Å². The van der Waals surface area contributed by atoms with Crippen molar-refractivity contribution in [1.29, 1.82) is 0 Å². The topological polar surface area (TPSA) is 21.3 Å². The molecule has 2 fully saturated rings. The van der Waals surface area contributed by atoms with E-state index < -0.39 is 0 Å². The normalized spacial score (nSPS) is 22.4. The van der Waals surface area contributed by atoms with Gasteiger partial charge in [0.1, 0.15) is 0 Å². The van der Waals surface area contributed by atoms with Gasteiger partial charge in [-0.3, -0.25) is 0 Å². The summed E-state index contributed by atoms with van der Waals surface area (Å²) in [6.07, 6.45) is 0. The molecule has 0 unspecified atom stereocenters. The maximum absolute atomic E-state index is 5.53. The van der Waals surface area contributed by atoms with Crippen LogP contribution in [0.4, 0.5) is 0 Å². The Bertz CT molecular complexity index is 584. The molecule has 0 amide bonds. The quantitative estimate of drug-likeness (QED) is 0.868. The second-order valence-electron chi connectivity index (χ2n) is 5.57. The van der Waals surface area contributed by atoms with Crippen molar-refractivity contribution in [2.24, 2.45) is 5.92 Å². The van der Waals surface area contributed by atoms with E-state index >= 15 is 0 Å². The van der Waals surface area contributed by atoms with E-state index in [4.69, 9.17) is 4.74 Å². The molecule has 0 aliphatic carbocycles. The highest BCUT2D eigenvalue weighted by molar-refractivity contribution is 5.83. The van der Waals surface area contributed by atoms with Gasteiger partial charge in [0.25, 0.3) is 0 Å². The molecule has 0 saturated carbocycles. The van der Waals surface area contributed by atoms with Crippen LogP contribution >= 0.6 is 0 Å². The minimum Gasteiger partial charge on any atom is -0.379 e. The summed E-state index contributed by atoms with van der Waals surface area (Å²) in [7, 11) is 0. The van der Waals surface area contributed by atoms with Crippen LogP contribution in [0.2, 0.25) is 0 Å². The fourth-order valence-corrected chi connectivity index (χ4v) is 3.14. The fraction of sp³-hybridized carbons (Fsp3) is 0.375. The average molecular weight is 239 g/mol. The average Bonchev–Trinajstić information content (AvgIpc) is 2.30. The maximum Gasteiger partial charge on any atom is 0.0589 e. The third kappa shape index (κ3) is 1.36. The van der Waals surface area contributed by atoms with Crippen LogP contribution in [0, 0.1) is 5.92 Å². The first-order valence-electron chi connectivity index (χ1n) is 6.66. The highest BCUT2D eigenvalue weighted by Crippen LogP contribution is 2.42.